The van der Waals surface area contributed by atoms with Gasteiger partial charge in [-0.2, -0.15) is 0 Å². The molecule has 1 amide bonds. The van der Waals surface area contributed by atoms with Gasteiger partial charge < -0.3 is 5.32 Å². The first-order chi connectivity index (χ1) is 13.3. The van der Waals surface area contributed by atoms with Crippen molar-refractivity contribution in [2.24, 2.45) is 0 Å². The second kappa shape index (κ2) is 8.57. The highest BCUT2D eigenvalue weighted by Gasteiger charge is 2.24. The molecule has 1 aliphatic carbocycles. The van der Waals surface area contributed by atoms with Crippen molar-refractivity contribution < 1.29 is 4.79 Å². The van der Waals surface area contributed by atoms with Gasteiger partial charge in [-0.25, -0.2) is 9.97 Å². The van der Waals surface area contributed by atoms with E-state index in [9.17, 15) is 4.79 Å². The summed E-state index contributed by atoms with van der Waals surface area (Å²) in [5.41, 5.74) is 3.04. The van der Waals surface area contributed by atoms with E-state index in [1.165, 1.54) is 25.7 Å². The Balaban J connectivity index is 1.44. The molecule has 6 nitrogen and oxygen atoms in total. The molecule has 1 fully saturated rings. The molecule has 0 spiro atoms. The molecule has 0 aromatic carbocycles. The van der Waals surface area contributed by atoms with Crippen molar-refractivity contribution >= 4 is 5.91 Å². The van der Waals surface area contributed by atoms with Gasteiger partial charge in [-0.05, 0) is 57.3 Å². The van der Waals surface area contributed by atoms with Crippen molar-refractivity contribution in [1.29, 1.82) is 0 Å². The zero-order valence-electron chi connectivity index (χ0n) is 15.7. The van der Waals surface area contributed by atoms with Crippen molar-refractivity contribution in [2.45, 2.75) is 51.0 Å². The number of carbonyl (C=O) groups excluding carboxylic acids is 1. The number of aromatic nitrogens is 3. The fraction of sp³-hybridized carbons (Fsp3) is 0.524. The minimum absolute atomic E-state index is 0.0242. The molecule has 2 aromatic heterocycles. The topological polar surface area (TPSA) is 71.0 Å². The quantitative estimate of drug-likeness (QED) is 0.902. The Hall–Kier alpha value is -2.34. The fourth-order valence-corrected chi connectivity index (χ4v) is 4.07. The van der Waals surface area contributed by atoms with Crippen LogP contribution in [0.1, 0.15) is 55.8 Å². The van der Waals surface area contributed by atoms with Gasteiger partial charge in [0.1, 0.15) is 0 Å². The highest BCUT2D eigenvalue weighted by molar-refractivity contribution is 5.78. The molecule has 27 heavy (non-hydrogen) atoms. The molecular formula is C21H27N5O. The number of amides is 1. The molecule has 0 radical (unpaired) electrons. The highest BCUT2D eigenvalue weighted by Crippen LogP contribution is 2.29. The average Bonchev–Trinajstić information content (AvgIpc) is 2.97. The van der Waals surface area contributed by atoms with Crippen LogP contribution in [0.4, 0.5) is 0 Å². The average molecular weight is 365 g/mol. The normalized spacial score (nSPS) is 20.5. The Kier molecular flexibility index (Phi) is 5.72. The van der Waals surface area contributed by atoms with Crippen molar-refractivity contribution in [2.75, 3.05) is 19.6 Å². The Morgan fingerprint density at radius 2 is 2.00 bits per heavy atom. The highest BCUT2D eigenvalue weighted by atomic mass is 16.2. The van der Waals surface area contributed by atoms with E-state index in [4.69, 9.17) is 4.98 Å². The SMILES string of the molecule is O=C(CN1CCCCCC1)NC1CCCc2nc(-c3cccnc3)ncc21. The van der Waals surface area contributed by atoms with Gasteiger partial charge in [0, 0.05) is 35.4 Å². The van der Waals surface area contributed by atoms with Gasteiger partial charge in [-0.3, -0.25) is 14.7 Å². The molecule has 4 rings (SSSR count). The molecule has 1 atom stereocenters. The van der Waals surface area contributed by atoms with Gasteiger partial charge in [0.05, 0.1) is 12.6 Å². The van der Waals surface area contributed by atoms with Gasteiger partial charge in [0.15, 0.2) is 5.82 Å². The van der Waals surface area contributed by atoms with Gasteiger partial charge in [0.2, 0.25) is 5.91 Å². The Morgan fingerprint density at radius 1 is 1.15 bits per heavy atom. The van der Waals surface area contributed by atoms with Crippen LogP contribution in [-0.4, -0.2) is 45.4 Å². The van der Waals surface area contributed by atoms with Crippen LogP contribution < -0.4 is 5.32 Å². The molecule has 1 N–H and O–H groups in total. The van der Waals surface area contributed by atoms with E-state index >= 15 is 0 Å². The summed E-state index contributed by atoms with van der Waals surface area (Å²) in [5.74, 6) is 0.824. The predicted octanol–water partition coefficient (Wildman–Crippen LogP) is 2.91. The van der Waals surface area contributed by atoms with Crippen LogP contribution in [0, 0.1) is 0 Å². The zero-order chi connectivity index (χ0) is 18.5. The number of pyridine rings is 1. The maximum atomic E-state index is 12.6. The van der Waals surface area contributed by atoms with Crippen molar-refractivity contribution in [3.63, 3.8) is 0 Å². The smallest absolute Gasteiger partial charge is 0.234 e. The third-order valence-electron chi connectivity index (χ3n) is 5.50. The number of carbonyl (C=O) groups is 1. The Morgan fingerprint density at radius 3 is 2.78 bits per heavy atom. The van der Waals surface area contributed by atoms with Gasteiger partial charge >= 0.3 is 0 Å². The molecule has 1 aliphatic heterocycles. The Bertz CT molecular complexity index is 771. The van der Waals surface area contributed by atoms with Gasteiger partial charge in [-0.15, -0.1) is 0 Å². The van der Waals surface area contributed by atoms with Crippen molar-refractivity contribution in [3.05, 3.63) is 42.0 Å². The molecule has 3 heterocycles. The maximum absolute atomic E-state index is 12.6. The molecule has 0 saturated carbocycles. The number of hydrogen-bond donors (Lipinski definition) is 1. The summed E-state index contributed by atoms with van der Waals surface area (Å²) in [6.07, 6.45) is 13.3. The predicted molar refractivity (Wildman–Crippen MR) is 104 cm³/mol. The summed E-state index contributed by atoms with van der Waals surface area (Å²) >= 11 is 0. The summed E-state index contributed by atoms with van der Waals surface area (Å²) in [7, 11) is 0. The van der Waals surface area contributed by atoms with Crippen LogP contribution in [0.5, 0.6) is 0 Å². The largest absolute Gasteiger partial charge is 0.348 e. The number of aryl methyl sites for hydroxylation is 1. The summed E-state index contributed by atoms with van der Waals surface area (Å²) in [4.78, 5) is 28.3. The second-order valence-corrected chi connectivity index (χ2v) is 7.54. The van der Waals surface area contributed by atoms with Crippen LogP contribution in [0.15, 0.2) is 30.7 Å². The second-order valence-electron chi connectivity index (χ2n) is 7.54. The van der Waals surface area contributed by atoms with Crippen LogP contribution in [0.25, 0.3) is 11.4 Å². The molecule has 142 valence electrons. The third kappa shape index (κ3) is 4.50. The lowest BCUT2D eigenvalue weighted by molar-refractivity contribution is -0.123. The van der Waals surface area contributed by atoms with E-state index in [2.05, 4.69) is 20.2 Å². The number of nitrogens with one attached hydrogen (secondary N) is 1. The zero-order valence-corrected chi connectivity index (χ0v) is 15.7. The van der Waals surface area contributed by atoms with E-state index in [0.717, 1.165) is 49.2 Å². The first-order valence-electron chi connectivity index (χ1n) is 10.1. The summed E-state index contributed by atoms with van der Waals surface area (Å²) in [6.45, 7) is 2.57. The monoisotopic (exact) mass is 365 g/mol. The lowest BCUT2D eigenvalue weighted by Crippen LogP contribution is -2.40. The minimum atomic E-state index is 0.0242. The number of likely N-dealkylation sites (tertiary alicyclic amines) is 1. The molecule has 1 unspecified atom stereocenters. The molecule has 0 bridgehead atoms. The van der Waals surface area contributed by atoms with E-state index in [-0.39, 0.29) is 11.9 Å². The summed E-state index contributed by atoms with van der Waals surface area (Å²) in [5, 5.41) is 3.23. The van der Waals surface area contributed by atoms with Crippen molar-refractivity contribution in [1.82, 2.24) is 25.2 Å². The number of nitrogens with zero attached hydrogens (tertiary/aromatic N) is 4. The van der Waals surface area contributed by atoms with E-state index < -0.39 is 0 Å². The molecule has 2 aliphatic rings. The van der Waals surface area contributed by atoms with Gasteiger partial charge in [-0.1, -0.05) is 12.8 Å². The molecular weight excluding hydrogens is 338 g/mol. The van der Waals surface area contributed by atoms with Crippen LogP contribution in [0.2, 0.25) is 0 Å². The third-order valence-corrected chi connectivity index (χ3v) is 5.50. The number of rotatable bonds is 4. The lowest BCUT2D eigenvalue weighted by Gasteiger charge is -2.27. The molecule has 6 heteroatoms. The van der Waals surface area contributed by atoms with E-state index in [1.54, 1.807) is 12.4 Å². The summed E-state index contributed by atoms with van der Waals surface area (Å²) in [6, 6.07) is 3.89. The first kappa shape index (κ1) is 18.0. The molecule has 1 saturated heterocycles. The number of hydrogen-bond acceptors (Lipinski definition) is 5. The molecule has 2 aromatic rings. The van der Waals surface area contributed by atoms with Gasteiger partial charge in [0.25, 0.3) is 0 Å². The lowest BCUT2D eigenvalue weighted by atomic mass is 9.92. The van der Waals surface area contributed by atoms with E-state index in [0.29, 0.717) is 12.4 Å². The van der Waals surface area contributed by atoms with Crippen LogP contribution >= 0.6 is 0 Å². The van der Waals surface area contributed by atoms with E-state index in [1.807, 2.05) is 18.3 Å². The fourth-order valence-electron chi connectivity index (χ4n) is 4.07. The minimum Gasteiger partial charge on any atom is -0.348 e. The maximum Gasteiger partial charge on any atom is 0.234 e. The van der Waals surface area contributed by atoms with Crippen LogP contribution in [0.3, 0.4) is 0 Å². The standard InChI is InChI=1S/C21H27N5O/c27-20(15-26-11-3-1-2-4-12-26)24-18-8-5-9-19-17(18)14-23-21(25-19)16-7-6-10-22-13-16/h6-7,10,13-14,18H,1-5,8-9,11-12,15H2,(H,24,27). The van der Waals surface area contributed by atoms with Crippen molar-refractivity contribution in [3.8, 4) is 11.4 Å². The Labute approximate surface area is 160 Å². The summed E-state index contributed by atoms with van der Waals surface area (Å²) < 4.78 is 0. The van der Waals surface area contributed by atoms with Crippen LogP contribution in [-0.2, 0) is 11.2 Å². The first-order valence-corrected chi connectivity index (χ1v) is 10.1. The number of fused-ring (bicyclic) bond motifs is 1.